The van der Waals surface area contributed by atoms with E-state index in [0.29, 0.717) is 11.5 Å². The van der Waals surface area contributed by atoms with E-state index in [4.69, 9.17) is 0 Å². The number of benzene rings is 1. The van der Waals surface area contributed by atoms with E-state index in [1.54, 1.807) is 12.1 Å². The van der Waals surface area contributed by atoms with Crippen molar-refractivity contribution in [3.63, 3.8) is 0 Å². The summed E-state index contributed by atoms with van der Waals surface area (Å²) in [5, 5.41) is 3.16. The number of hydrogen-bond donors (Lipinski definition) is 2. The second-order valence-corrected chi connectivity index (χ2v) is 7.75. The van der Waals surface area contributed by atoms with Crippen LogP contribution in [-0.2, 0) is 10.0 Å². The number of nitrogens with one attached hydrogen (secondary N) is 2. The minimum absolute atomic E-state index is 0. The maximum atomic E-state index is 12.6. The predicted octanol–water partition coefficient (Wildman–Crippen LogP) is 1.64. The van der Waals surface area contributed by atoms with Crippen LogP contribution in [0.3, 0.4) is 0 Å². The fourth-order valence-corrected chi connectivity index (χ4v) is 3.91. The lowest BCUT2D eigenvalue weighted by Gasteiger charge is -2.32. The molecule has 0 aliphatic carbocycles. The van der Waals surface area contributed by atoms with Gasteiger partial charge in [-0.2, -0.15) is 0 Å². The lowest BCUT2D eigenvalue weighted by atomic mass is 9.97. The van der Waals surface area contributed by atoms with Crippen LogP contribution in [0.15, 0.2) is 41.8 Å². The van der Waals surface area contributed by atoms with Gasteiger partial charge in [-0.25, -0.2) is 13.1 Å². The first kappa shape index (κ1) is 21.6. The average Bonchev–Trinajstić information content (AvgIpc) is 2.60. The van der Waals surface area contributed by atoms with Crippen LogP contribution in [0.5, 0.6) is 0 Å². The van der Waals surface area contributed by atoms with Crippen LogP contribution >= 0.6 is 12.4 Å². The molecule has 1 saturated heterocycles. The maximum absolute atomic E-state index is 12.6. The van der Waals surface area contributed by atoms with Crippen molar-refractivity contribution in [1.29, 1.82) is 0 Å². The highest BCUT2D eigenvalue weighted by molar-refractivity contribution is 7.89. The Morgan fingerprint density at radius 1 is 1.36 bits per heavy atom. The Balaban J connectivity index is 0.00000312. The Labute approximate surface area is 156 Å². The molecule has 1 atom stereocenters. The number of halogens is 1. The molecule has 1 heterocycles. The van der Waals surface area contributed by atoms with Crippen molar-refractivity contribution in [1.82, 2.24) is 14.9 Å². The number of sulfonamides is 1. The monoisotopic (exact) mass is 387 g/mol. The molecule has 1 unspecified atom stereocenters. The van der Waals surface area contributed by atoms with Gasteiger partial charge in [0.1, 0.15) is 0 Å². The Hall–Kier alpha value is -1.41. The third-order valence-corrected chi connectivity index (χ3v) is 5.57. The number of piperidine rings is 1. The summed E-state index contributed by atoms with van der Waals surface area (Å²) in [7, 11) is -1.64. The van der Waals surface area contributed by atoms with Crippen molar-refractivity contribution >= 4 is 28.3 Å². The van der Waals surface area contributed by atoms with E-state index in [0.717, 1.165) is 32.5 Å². The standard InChI is InChI=1S/C17H25N3O3S.ClH/c1-3-10-19-24(22,23)16-8-6-15(7-9-16)17(21)20-11-4-5-14(13-20)12-18-2;/h3,6-9,14,18-19H,1,4-5,10-13H2,2H3;1H. The molecule has 1 aromatic rings. The summed E-state index contributed by atoms with van der Waals surface area (Å²) in [4.78, 5) is 14.6. The van der Waals surface area contributed by atoms with Gasteiger partial charge in [-0.05, 0) is 56.6 Å². The van der Waals surface area contributed by atoms with Crippen LogP contribution in [0.4, 0.5) is 0 Å². The number of carbonyl (C=O) groups excluding carboxylic acids is 1. The molecule has 2 rings (SSSR count). The van der Waals surface area contributed by atoms with Gasteiger partial charge in [0, 0.05) is 25.2 Å². The highest BCUT2D eigenvalue weighted by atomic mass is 35.5. The molecule has 140 valence electrons. The van der Waals surface area contributed by atoms with Gasteiger partial charge in [0.15, 0.2) is 0 Å². The van der Waals surface area contributed by atoms with Gasteiger partial charge < -0.3 is 10.2 Å². The molecule has 1 aromatic carbocycles. The highest BCUT2D eigenvalue weighted by Gasteiger charge is 2.24. The molecule has 0 radical (unpaired) electrons. The number of hydrogen-bond acceptors (Lipinski definition) is 4. The molecule has 0 bridgehead atoms. The summed E-state index contributed by atoms with van der Waals surface area (Å²) in [6, 6.07) is 6.08. The smallest absolute Gasteiger partial charge is 0.253 e. The molecule has 0 spiro atoms. The first-order valence-corrected chi connectivity index (χ1v) is 9.60. The van der Waals surface area contributed by atoms with Gasteiger partial charge in [-0.15, -0.1) is 19.0 Å². The molecule has 6 nitrogen and oxygen atoms in total. The van der Waals surface area contributed by atoms with E-state index in [2.05, 4.69) is 16.6 Å². The number of carbonyl (C=O) groups is 1. The Morgan fingerprint density at radius 2 is 2.04 bits per heavy atom. The molecule has 1 aliphatic heterocycles. The minimum atomic E-state index is -3.56. The molecule has 8 heteroatoms. The van der Waals surface area contributed by atoms with E-state index in [-0.39, 0.29) is 29.8 Å². The molecule has 1 aliphatic rings. The summed E-state index contributed by atoms with van der Waals surface area (Å²) in [6.07, 6.45) is 3.60. The van der Waals surface area contributed by atoms with Crippen LogP contribution in [0.2, 0.25) is 0 Å². The van der Waals surface area contributed by atoms with Gasteiger partial charge in [0.2, 0.25) is 10.0 Å². The molecular weight excluding hydrogens is 362 g/mol. The Bertz CT molecular complexity index is 675. The van der Waals surface area contributed by atoms with Gasteiger partial charge >= 0.3 is 0 Å². The third kappa shape index (κ3) is 5.81. The van der Waals surface area contributed by atoms with E-state index in [9.17, 15) is 13.2 Å². The molecule has 1 fully saturated rings. The minimum Gasteiger partial charge on any atom is -0.338 e. The maximum Gasteiger partial charge on any atom is 0.253 e. The number of nitrogens with zero attached hydrogens (tertiary/aromatic N) is 1. The van der Waals surface area contributed by atoms with Crippen molar-refractivity contribution in [2.24, 2.45) is 5.92 Å². The van der Waals surface area contributed by atoms with Crippen molar-refractivity contribution < 1.29 is 13.2 Å². The molecule has 2 N–H and O–H groups in total. The topological polar surface area (TPSA) is 78.5 Å². The van der Waals surface area contributed by atoms with E-state index >= 15 is 0 Å². The SMILES string of the molecule is C=CCNS(=O)(=O)c1ccc(C(=O)N2CCCC(CNC)C2)cc1.Cl. The van der Waals surface area contributed by atoms with Crippen LogP contribution in [0.1, 0.15) is 23.2 Å². The van der Waals surface area contributed by atoms with Crippen LogP contribution in [0, 0.1) is 5.92 Å². The first-order valence-electron chi connectivity index (χ1n) is 8.12. The molecular formula is C17H26ClN3O3S. The zero-order valence-corrected chi connectivity index (χ0v) is 16.0. The Kier molecular flexibility index (Phi) is 8.58. The average molecular weight is 388 g/mol. The summed E-state index contributed by atoms with van der Waals surface area (Å²) < 4.78 is 26.5. The van der Waals surface area contributed by atoms with E-state index < -0.39 is 10.0 Å². The van der Waals surface area contributed by atoms with Gasteiger partial charge in [-0.3, -0.25) is 4.79 Å². The molecule has 1 amide bonds. The number of likely N-dealkylation sites (tertiary alicyclic amines) is 1. The number of amides is 1. The van der Waals surface area contributed by atoms with E-state index in [1.165, 1.54) is 18.2 Å². The van der Waals surface area contributed by atoms with Crippen LogP contribution < -0.4 is 10.0 Å². The van der Waals surface area contributed by atoms with Gasteiger partial charge in [0.25, 0.3) is 5.91 Å². The fourth-order valence-electron chi connectivity index (χ4n) is 2.92. The molecule has 25 heavy (non-hydrogen) atoms. The fraction of sp³-hybridized carbons (Fsp3) is 0.471. The molecule has 0 saturated carbocycles. The summed E-state index contributed by atoms with van der Waals surface area (Å²) in [5.74, 6) is 0.425. The summed E-state index contributed by atoms with van der Waals surface area (Å²) in [6.45, 7) is 6.04. The second-order valence-electron chi connectivity index (χ2n) is 5.98. The van der Waals surface area contributed by atoms with Crippen molar-refractivity contribution in [2.45, 2.75) is 17.7 Å². The quantitative estimate of drug-likeness (QED) is 0.697. The lowest BCUT2D eigenvalue weighted by Crippen LogP contribution is -2.42. The lowest BCUT2D eigenvalue weighted by molar-refractivity contribution is 0.0674. The van der Waals surface area contributed by atoms with Crippen LogP contribution in [-0.4, -0.2) is 52.5 Å². The summed E-state index contributed by atoms with van der Waals surface area (Å²) >= 11 is 0. The van der Waals surface area contributed by atoms with Gasteiger partial charge in [-0.1, -0.05) is 6.08 Å². The third-order valence-electron chi connectivity index (χ3n) is 4.13. The van der Waals surface area contributed by atoms with Crippen LogP contribution in [0.25, 0.3) is 0 Å². The Morgan fingerprint density at radius 3 is 2.64 bits per heavy atom. The zero-order chi connectivity index (χ0) is 17.6. The predicted molar refractivity (Wildman–Crippen MR) is 102 cm³/mol. The largest absolute Gasteiger partial charge is 0.338 e. The van der Waals surface area contributed by atoms with Crippen molar-refractivity contribution in [2.75, 3.05) is 33.2 Å². The zero-order valence-electron chi connectivity index (χ0n) is 14.4. The number of rotatable bonds is 7. The van der Waals surface area contributed by atoms with E-state index in [1.807, 2.05) is 11.9 Å². The molecule has 0 aromatic heterocycles. The second kappa shape index (κ2) is 9.91. The van der Waals surface area contributed by atoms with Gasteiger partial charge in [0.05, 0.1) is 4.90 Å². The summed E-state index contributed by atoms with van der Waals surface area (Å²) in [5.41, 5.74) is 0.516. The normalized spacial score (nSPS) is 17.6. The van der Waals surface area contributed by atoms with Crippen molar-refractivity contribution in [3.8, 4) is 0 Å². The highest BCUT2D eigenvalue weighted by Crippen LogP contribution is 2.19. The first-order chi connectivity index (χ1) is 11.5. The van der Waals surface area contributed by atoms with Crippen molar-refractivity contribution in [3.05, 3.63) is 42.5 Å².